The molecule has 0 aromatic heterocycles. The summed E-state index contributed by atoms with van der Waals surface area (Å²) >= 11 is 0. The third-order valence-corrected chi connectivity index (χ3v) is 3.94. The first-order valence-corrected chi connectivity index (χ1v) is 7.97. The fourth-order valence-electron chi connectivity index (χ4n) is 2.37. The van der Waals surface area contributed by atoms with E-state index in [1.807, 2.05) is 0 Å². The van der Waals surface area contributed by atoms with E-state index in [-0.39, 0.29) is 18.4 Å². The van der Waals surface area contributed by atoms with Crippen molar-refractivity contribution in [1.29, 1.82) is 0 Å². The number of hydrogen-bond donors (Lipinski definition) is 1. The molecule has 0 atom stereocenters. The van der Waals surface area contributed by atoms with Crippen LogP contribution in [-0.2, 0) is 16.1 Å². The quantitative estimate of drug-likeness (QED) is 0.815. The van der Waals surface area contributed by atoms with Gasteiger partial charge in [-0.05, 0) is 55.3 Å². The maximum atomic E-state index is 13.3. The summed E-state index contributed by atoms with van der Waals surface area (Å²) in [5.74, 6) is -0.388. The largest absolute Gasteiger partial charge is 0.496 e. The van der Waals surface area contributed by atoms with Gasteiger partial charge in [0, 0.05) is 17.2 Å². The first-order valence-electron chi connectivity index (χ1n) is 7.97. The molecule has 0 radical (unpaired) electrons. The zero-order valence-electron chi connectivity index (χ0n) is 13.8. The molecule has 1 N–H and O–H groups in total. The lowest BCUT2D eigenvalue weighted by Gasteiger charge is -2.10. The topological polar surface area (TPSA) is 64.6 Å². The van der Waals surface area contributed by atoms with Crippen LogP contribution in [0.15, 0.2) is 42.5 Å². The summed E-state index contributed by atoms with van der Waals surface area (Å²) < 4.78 is 23.6. The van der Waals surface area contributed by atoms with Crippen LogP contribution >= 0.6 is 0 Å². The number of anilines is 1. The third kappa shape index (κ3) is 4.35. The van der Waals surface area contributed by atoms with Gasteiger partial charge in [0.25, 0.3) is 0 Å². The van der Waals surface area contributed by atoms with Gasteiger partial charge < -0.3 is 14.8 Å². The van der Waals surface area contributed by atoms with Crippen LogP contribution in [0, 0.1) is 11.7 Å². The lowest BCUT2D eigenvalue weighted by molar-refractivity contribution is -0.117. The number of carbonyl (C=O) groups is 2. The van der Waals surface area contributed by atoms with E-state index in [1.165, 1.54) is 25.3 Å². The van der Waals surface area contributed by atoms with Crippen molar-refractivity contribution in [3.8, 4) is 5.75 Å². The van der Waals surface area contributed by atoms with Gasteiger partial charge in [0.15, 0.2) is 0 Å². The van der Waals surface area contributed by atoms with Gasteiger partial charge >= 0.3 is 5.97 Å². The van der Waals surface area contributed by atoms with Crippen molar-refractivity contribution in [3.05, 3.63) is 59.4 Å². The molecule has 1 aliphatic carbocycles. The first-order chi connectivity index (χ1) is 12.1. The van der Waals surface area contributed by atoms with E-state index in [9.17, 15) is 14.0 Å². The van der Waals surface area contributed by atoms with Gasteiger partial charge in [0.05, 0.1) is 12.7 Å². The number of carbonyl (C=O) groups excluding carboxylic acids is 2. The van der Waals surface area contributed by atoms with Crippen molar-refractivity contribution in [2.75, 3.05) is 12.4 Å². The molecule has 6 heteroatoms. The maximum Gasteiger partial charge on any atom is 0.338 e. The van der Waals surface area contributed by atoms with Crippen LogP contribution in [0.2, 0.25) is 0 Å². The lowest BCUT2D eigenvalue weighted by Crippen LogP contribution is -2.13. The van der Waals surface area contributed by atoms with Crippen LogP contribution in [-0.4, -0.2) is 19.0 Å². The number of ether oxygens (including phenoxy) is 2. The van der Waals surface area contributed by atoms with Crippen molar-refractivity contribution < 1.29 is 23.5 Å². The molecule has 1 saturated carbocycles. The zero-order valence-corrected chi connectivity index (χ0v) is 13.8. The van der Waals surface area contributed by atoms with E-state index in [1.54, 1.807) is 24.3 Å². The smallest absolute Gasteiger partial charge is 0.338 e. The summed E-state index contributed by atoms with van der Waals surface area (Å²) in [5, 5.41) is 2.80. The van der Waals surface area contributed by atoms with Gasteiger partial charge in [-0.3, -0.25) is 4.79 Å². The number of amides is 1. The monoisotopic (exact) mass is 343 g/mol. The average Bonchev–Trinajstić information content (AvgIpc) is 3.45. The minimum Gasteiger partial charge on any atom is -0.496 e. The molecule has 2 aromatic rings. The van der Waals surface area contributed by atoms with E-state index in [0.717, 1.165) is 12.8 Å². The summed E-state index contributed by atoms with van der Waals surface area (Å²) in [6.07, 6.45) is 1.86. The van der Waals surface area contributed by atoms with Crippen molar-refractivity contribution in [3.63, 3.8) is 0 Å². The number of benzene rings is 2. The summed E-state index contributed by atoms with van der Waals surface area (Å²) in [6, 6.07) is 10.5. The van der Waals surface area contributed by atoms with Gasteiger partial charge in [-0.25, -0.2) is 9.18 Å². The average molecular weight is 343 g/mol. The van der Waals surface area contributed by atoms with Crippen molar-refractivity contribution in [2.45, 2.75) is 19.4 Å². The summed E-state index contributed by atoms with van der Waals surface area (Å²) in [5.41, 5.74) is 1.43. The molecule has 0 unspecified atom stereocenters. The van der Waals surface area contributed by atoms with Gasteiger partial charge in [-0.1, -0.05) is 0 Å². The van der Waals surface area contributed by atoms with Crippen LogP contribution in [0.3, 0.4) is 0 Å². The summed E-state index contributed by atoms with van der Waals surface area (Å²) in [4.78, 5) is 23.8. The Morgan fingerprint density at radius 2 is 1.88 bits per heavy atom. The molecule has 25 heavy (non-hydrogen) atoms. The molecule has 0 aliphatic heterocycles. The minimum atomic E-state index is -0.536. The SMILES string of the molecule is COc1ccc(F)cc1COC(=O)c1ccc(NC(=O)C2CC2)cc1. The molecule has 1 amide bonds. The Bertz CT molecular complexity index is 785. The Morgan fingerprint density at radius 1 is 1.16 bits per heavy atom. The molecule has 0 spiro atoms. The molecular weight excluding hydrogens is 325 g/mol. The highest BCUT2D eigenvalue weighted by Gasteiger charge is 2.29. The van der Waals surface area contributed by atoms with E-state index in [4.69, 9.17) is 9.47 Å². The second kappa shape index (κ2) is 7.34. The summed E-state index contributed by atoms with van der Waals surface area (Å²) in [6.45, 7) is -0.0973. The number of esters is 1. The van der Waals surface area contributed by atoms with Crippen LogP contribution in [0.25, 0.3) is 0 Å². The van der Waals surface area contributed by atoms with Crippen molar-refractivity contribution in [2.24, 2.45) is 5.92 Å². The fraction of sp³-hybridized carbons (Fsp3) is 0.263. The predicted molar refractivity (Wildman–Crippen MR) is 89.9 cm³/mol. The van der Waals surface area contributed by atoms with Crippen LogP contribution < -0.4 is 10.1 Å². The second-order valence-electron chi connectivity index (χ2n) is 5.87. The van der Waals surface area contributed by atoms with Crippen LogP contribution in [0.4, 0.5) is 10.1 Å². The highest BCUT2D eigenvalue weighted by atomic mass is 19.1. The number of nitrogens with one attached hydrogen (secondary N) is 1. The Kier molecular flexibility index (Phi) is 4.97. The minimum absolute atomic E-state index is 0.00789. The molecule has 3 rings (SSSR count). The van der Waals surface area contributed by atoms with Gasteiger partial charge in [-0.2, -0.15) is 0 Å². The molecule has 0 bridgehead atoms. The Balaban J connectivity index is 1.59. The van der Waals surface area contributed by atoms with Crippen LogP contribution in [0.1, 0.15) is 28.8 Å². The van der Waals surface area contributed by atoms with E-state index < -0.39 is 11.8 Å². The molecule has 5 nitrogen and oxygen atoms in total. The second-order valence-corrected chi connectivity index (χ2v) is 5.87. The third-order valence-electron chi connectivity index (χ3n) is 3.94. The standard InChI is InChI=1S/C19H18FNO4/c1-24-17-9-6-15(20)10-14(17)11-25-19(23)13-4-7-16(8-5-13)21-18(22)12-2-3-12/h4-10,12H,2-3,11H2,1H3,(H,21,22). The van der Waals surface area contributed by atoms with Gasteiger partial charge in [-0.15, -0.1) is 0 Å². The van der Waals surface area contributed by atoms with Crippen molar-refractivity contribution in [1.82, 2.24) is 0 Å². The van der Waals surface area contributed by atoms with E-state index >= 15 is 0 Å². The predicted octanol–water partition coefficient (Wildman–Crippen LogP) is 3.54. The zero-order chi connectivity index (χ0) is 17.8. The lowest BCUT2D eigenvalue weighted by atomic mass is 10.2. The van der Waals surface area contributed by atoms with Gasteiger partial charge in [0.1, 0.15) is 18.2 Å². The Morgan fingerprint density at radius 3 is 2.52 bits per heavy atom. The number of methoxy groups -OCH3 is 1. The highest BCUT2D eigenvalue weighted by molar-refractivity contribution is 5.95. The molecule has 1 aliphatic rings. The van der Waals surface area contributed by atoms with Crippen LogP contribution in [0.5, 0.6) is 5.75 Å². The molecule has 1 fully saturated rings. The Labute approximate surface area is 144 Å². The molecule has 130 valence electrons. The van der Waals surface area contributed by atoms with Gasteiger partial charge in [0.2, 0.25) is 5.91 Å². The summed E-state index contributed by atoms with van der Waals surface area (Å²) in [7, 11) is 1.47. The van der Waals surface area contributed by atoms with Crippen molar-refractivity contribution >= 4 is 17.6 Å². The number of rotatable bonds is 6. The number of halogens is 1. The van der Waals surface area contributed by atoms with E-state index in [2.05, 4.69) is 5.32 Å². The van der Waals surface area contributed by atoms with E-state index in [0.29, 0.717) is 22.6 Å². The fourth-order valence-corrected chi connectivity index (χ4v) is 2.37. The molecule has 0 heterocycles. The molecule has 0 saturated heterocycles. The Hall–Kier alpha value is -2.89. The normalized spacial score (nSPS) is 13.2. The highest BCUT2D eigenvalue weighted by Crippen LogP contribution is 2.30. The number of hydrogen-bond acceptors (Lipinski definition) is 4. The molecule has 2 aromatic carbocycles. The molecular formula is C19H18FNO4. The maximum absolute atomic E-state index is 13.3. The first kappa shape index (κ1) is 17.0.